The minimum absolute atomic E-state index is 0.376. The Hall–Kier alpha value is -7.95. The molecule has 0 N–H and O–H groups in total. The zero-order chi connectivity index (χ0) is 39.9. The molecule has 278 valence electrons. The molecular formula is C52H35N7. The van der Waals surface area contributed by atoms with Crippen molar-refractivity contribution in [3.05, 3.63) is 193 Å². The standard InChI is InChI=1S/C52H35N7/c1-52(2)45-27-35(20-21-43(45)44-19-9-16-36(30-53)48(44)52)39-24-40(41-28-46(37-17-10-22-54-31-37)56-47(29-41)38-18-11-23-55-32-38)26-42(25-39)51-58-49(33-12-5-3-6-13-33)57-50(59-51)34-14-7-4-8-15-34/h3-29,31-32H,1-2H3. The smallest absolute Gasteiger partial charge is 0.164 e. The van der Waals surface area contributed by atoms with Crippen LogP contribution in [0, 0.1) is 11.3 Å². The molecule has 0 bridgehead atoms. The summed E-state index contributed by atoms with van der Waals surface area (Å²) < 4.78 is 0. The first-order chi connectivity index (χ1) is 28.9. The fourth-order valence-corrected chi connectivity index (χ4v) is 8.20. The summed E-state index contributed by atoms with van der Waals surface area (Å²) in [5.74, 6) is 1.74. The molecule has 0 unspecified atom stereocenters. The maximum Gasteiger partial charge on any atom is 0.164 e. The summed E-state index contributed by atoms with van der Waals surface area (Å²) in [6.45, 7) is 4.42. The Morgan fingerprint density at radius 1 is 0.424 bits per heavy atom. The van der Waals surface area contributed by atoms with Crippen molar-refractivity contribution in [1.82, 2.24) is 29.9 Å². The number of rotatable bonds is 7. The van der Waals surface area contributed by atoms with E-state index in [-0.39, 0.29) is 5.41 Å². The van der Waals surface area contributed by atoms with E-state index in [0.29, 0.717) is 23.0 Å². The van der Waals surface area contributed by atoms with Crippen LogP contribution in [0.15, 0.2) is 176 Å². The molecule has 10 rings (SSSR count). The van der Waals surface area contributed by atoms with Crippen LogP contribution in [0.1, 0.15) is 30.5 Å². The van der Waals surface area contributed by atoms with Gasteiger partial charge < -0.3 is 0 Å². The molecule has 1 aliphatic carbocycles. The second kappa shape index (κ2) is 14.5. The lowest BCUT2D eigenvalue weighted by Crippen LogP contribution is -2.16. The molecule has 7 nitrogen and oxygen atoms in total. The van der Waals surface area contributed by atoms with E-state index in [9.17, 15) is 5.26 Å². The second-order valence-corrected chi connectivity index (χ2v) is 15.2. The summed E-state index contributed by atoms with van der Waals surface area (Å²) in [4.78, 5) is 29.2. The SMILES string of the molecule is CC1(C)c2cc(-c3cc(-c4cc(-c5cccnc5)nc(-c5cccnc5)c4)cc(-c4nc(-c5ccccc5)nc(-c5ccccc5)n4)c3)ccc2-c2cccc(C#N)c21. The van der Waals surface area contributed by atoms with E-state index in [1.54, 1.807) is 12.4 Å². The van der Waals surface area contributed by atoms with Gasteiger partial charge in [-0.25, -0.2) is 19.9 Å². The van der Waals surface area contributed by atoms with Crippen molar-refractivity contribution < 1.29 is 0 Å². The van der Waals surface area contributed by atoms with Gasteiger partial charge in [-0.3, -0.25) is 9.97 Å². The first-order valence-electron chi connectivity index (χ1n) is 19.5. The molecule has 0 fully saturated rings. The number of benzene rings is 5. The number of hydrogen-bond acceptors (Lipinski definition) is 7. The predicted octanol–water partition coefficient (Wildman–Crippen LogP) is 11.9. The monoisotopic (exact) mass is 757 g/mol. The zero-order valence-electron chi connectivity index (χ0n) is 32.4. The van der Waals surface area contributed by atoms with Gasteiger partial charge in [0, 0.05) is 58.0 Å². The molecule has 4 heterocycles. The fraction of sp³-hybridized carbons (Fsp3) is 0.0577. The Morgan fingerprint density at radius 2 is 0.949 bits per heavy atom. The Bertz CT molecular complexity index is 2810. The van der Waals surface area contributed by atoms with Gasteiger partial charge in [-0.1, -0.05) is 98.8 Å². The van der Waals surface area contributed by atoms with E-state index in [4.69, 9.17) is 19.9 Å². The summed E-state index contributed by atoms with van der Waals surface area (Å²) in [5.41, 5.74) is 14.9. The first kappa shape index (κ1) is 35.5. The third-order valence-electron chi connectivity index (χ3n) is 11.1. The molecule has 0 amide bonds. The molecule has 5 aromatic carbocycles. The van der Waals surface area contributed by atoms with Crippen LogP contribution >= 0.6 is 0 Å². The largest absolute Gasteiger partial charge is 0.264 e. The Balaban J connectivity index is 1.22. The fourth-order valence-electron chi connectivity index (χ4n) is 8.20. The van der Waals surface area contributed by atoms with Crippen LogP contribution in [0.5, 0.6) is 0 Å². The quantitative estimate of drug-likeness (QED) is 0.159. The number of nitriles is 1. The van der Waals surface area contributed by atoms with Gasteiger partial charge >= 0.3 is 0 Å². The van der Waals surface area contributed by atoms with Crippen LogP contribution in [-0.2, 0) is 5.41 Å². The summed E-state index contributed by atoms with van der Waals surface area (Å²) in [6, 6.07) is 53.9. The molecule has 0 radical (unpaired) electrons. The first-order valence-corrected chi connectivity index (χ1v) is 19.5. The summed E-state index contributed by atoms with van der Waals surface area (Å²) >= 11 is 0. The molecule has 0 spiro atoms. The average molecular weight is 758 g/mol. The lowest BCUT2D eigenvalue weighted by Gasteiger charge is -2.23. The minimum atomic E-state index is -0.376. The summed E-state index contributed by atoms with van der Waals surface area (Å²) in [6.07, 6.45) is 7.21. The Morgan fingerprint density at radius 3 is 1.51 bits per heavy atom. The highest BCUT2D eigenvalue weighted by Crippen LogP contribution is 2.51. The Labute approximate surface area is 342 Å². The molecule has 9 aromatic rings. The molecule has 59 heavy (non-hydrogen) atoms. The van der Waals surface area contributed by atoms with Gasteiger partial charge in [-0.15, -0.1) is 0 Å². The zero-order valence-corrected chi connectivity index (χ0v) is 32.4. The average Bonchev–Trinajstić information content (AvgIpc) is 3.55. The van der Waals surface area contributed by atoms with Crippen molar-refractivity contribution in [2.24, 2.45) is 0 Å². The van der Waals surface area contributed by atoms with E-state index >= 15 is 0 Å². The van der Waals surface area contributed by atoms with Crippen molar-refractivity contribution >= 4 is 0 Å². The normalized spacial score (nSPS) is 12.4. The van der Waals surface area contributed by atoms with E-state index < -0.39 is 0 Å². The van der Waals surface area contributed by atoms with Gasteiger partial charge in [0.2, 0.25) is 0 Å². The predicted molar refractivity (Wildman–Crippen MR) is 234 cm³/mol. The maximum absolute atomic E-state index is 10.1. The highest BCUT2D eigenvalue weighted by molar-refractivity contribution is 5.88. The number of hydrogen-bond donors (Lipinski definition) is 0. The minimum Gasteiger partial charge on any atom is -0.264 e. The van der Waals surface area contributed by atoms with Gasteiger partial charge in [0.1, 0.15) is 0 Å². The number of aromatic nitrogens is 6. The van der Waals surface area contributed by atoms with Gasteiger partial charge in [-0.2, -0.15) is 5.26 Å². The van der Waals surface area contributed by atoms with Crippen LogP contribution in [0.3, 0.4) is 0 Å². The molecule has 1 aliphatic rings. The van der Waals surface area contributed by atoms with Crippen LogP contribution in [0.2, 0.25) is 0 Å². The van der Waals surface area contributed by atoms with Crippen LogP contribution in [0.25, 0.3) is 90.1 Å². The van der Waals surface area contributed by atoms with Gasteiger partial charge in [0.25, 0.3) is 0 Å². The van der Waals surface area contributed by atoms with Crippen molar-refractivity contribution in [3.63, 3.8) is 0 Å². The third-order valence-corrected chi connectivity index (χ3v) is 11.1. The van der Waals surface area contributed by atoms with E-state index in [0.717, 1.165) is 78.1 Å². The number of fused-ring (bicyclic) bond motifs is 3. The van der Waals surface area contributed by atoms with Crippen LogP contribution in [-0.4, -0.2) is 29.9 Å². The molecule has 0 saturated heterocycles. The molecule has 0 atom stereocenters. The molecule has 7 heteroatoms. The Kier molecular flexibility index (Phi) is 8.73. The van der Waals surface area contributed by atoms with E-state index in [1.807, 2.05) is 109 Å². The van der Waals surface area contributed by atoms with Crippen LogP contribution in [0.4, 0.5) is 0 Å². The molecule has 0 aliphatic heterocycles. The lowest BCUT2D eigenvalue weighted by molar-refractivity contribution is 0.658. The number of pyridine rings is 3. The van der Waals surface area contributed by atoms with Crippen molar-refractivity contribution in [2.75, 3.05) is 0 Å². The van der Waals surface area contributed by atoms with Gasteiger partial charge in [0.05, 0.1) is 23.0 Å². The molecule has 0 saturated carbocycles. The van der Waals surface area contributed by atoms with Crippen LogP contribution < -0.4 is 0 Å². The van der Waals surface area contributed by atoms with Crippen molar-refractivity contribution in [2.45, 2.75) is 19.3 Å². The summed E-state index contributed by atoms with van der Waals surface area (Å²) in [7, 11) is 0. The van der Waals surface area contributed by atoms with E-state index in [1.165, 1.54) is 5.56 Å². The van der Waals surface area contributed by atoms with Gasteiger partial charge in [-0.05, 0) is 111 Å². The summed E-state index contributed by atoms with van der Waals surface area (Å²) in [5, 5.41) is 10.1. The number of nitrogens with zero attached hydrogens (tertiary/aromatic N) is 7. The van der Waals surface area contributed by atoms with Crippen molar-refractivity contribution in [3.8, 4) is 96.1 Å². The topological polar surface area (TPSA) is 101 Å². The molecule has 4 aromatic heterocycles. The van der Waals surface area contributed by atoms with E-state index in [2.05, 4.69) is 84.5 Å². The third kappa shape index (κ3) is 6.53. The lowest BCUT2D eigenvalue weighted by atomic mass is 9.79. The second-order valence-electron chi connectivity index (χ2n) is 15.2. The highest BCUT2D eigenvalue weighted by Gasteiger charge is 2.37. The maximum atomic E-state index is 10.1. The highest BCUT2D eigenvalue weighted by atomic mass is 15.0. The van der Waals surface area contributed by atoms with Crippen molar-refractivity contribution in [1.29, 1.82) is 5.26 Å². The molecular weight excluding hydrogens is 723 g/mol. The van der Waals surface area contributed by atoms with Gasteiger partial charge in [0.15, 0.2) is 17.5 Å².